The van der Waals surface area contributed by atoms with Crippen LogP contribution in [0.25, 0.3) is 10.9 Å². The topological polar surface area (TPSA) is 62.2 Å². The molecule has 0 bridgehead atoms. The fourth-order valence-corrected chi connectivity index (χ4v) is 1.27. The molecule has 0 radical (unpaired) electrons. The molecule has 0 saturated heterocycles. The summed E-state index contributed by atoms with van der Waals surface area (Å²) in [5.74, 6) is 0.533. The van der Waals surface area contributed by atoms with Crippen LogP contribution in [0.15, 0.2) is 30.3 Å². The van der Waals surface area contributed by atoms with E-state index in [0.29, 0.717) is 17.7 Å². The van der Waals surface area contributed by atoms with Gasteiger partial charge in [0.15, 0.2) is 0 Å². The first-order valence-electron chi connectivity index (χ1n) is 4.10. The standard InChI is InChI=1S/C10H8N2O2/c13-6-11-9-5-4-7-2-1-3-8(14)10(7)12-9/h1-6,14H,(H,11,12,13). The molecule has 14 heavy (non-hydrogen) atoms. The largest absolute Gasteiger partial charge is 0.506 e. The van der Waals surface area contributed by atoms with Crippen LogP contribution < -0.4 is 5.32 Å². The van der Waals surface area contributed by atoms with E-state index in [-0.39, 0.29) is 5.75 Å². The third-order valence-electron chi connectivity index (χ3n) is 1.91. The molecule has 1 amide bonds. The Morgan fingerprint density at radius 3 is 2.93 bits per heavy atom. The van der Waals surface area contributed by atoms with Crippen LogP contribution in [0.5, 0.6) is 5.75 Å². The number of carbonyl (C=O) groups is 1. The van der Waals surface area contributed by atoms with Gasteiger partial charge in [0.2, 0.25) is 6.41 Å². The van der Waals surface area contributed by atoms with Crippen LogP contribution in [0.4, 0.5) is 5.82 Å². The van der Waals surface area contributed by atoms with E-state index in [1.165, 1.54) is 0 Å². The summed E-state index contributed by atoms with van der Waals surface area (Å²) in [7, 11) is 0. The van der Waals surface area contributed by atoms with Gasteiger partial charge in [-0.15, -0.1) is 0 Å². The Morgan fingerprint density at radius 1 is 1.29 bits per heavy atom. The van der Waals surface area contributed by atoms with E-state index >= 15 is 0 Å². The molecule has 1 aromatic heterocycles. The molecule has 0 spiro atoms. The maximum atomic E-state index is 10.2. The van der Waals surface area contributed by atoms with E-state index in [1.807, 2.05) is 6.07 Å². The SMILES string of the molecule is O=CNc1ccc2cccc(O)c2n1. The third-order valence-corrected chi connectivity index (χ3v) is 1.91. The summed E-state index contributed by atoms with van der Waals surface area (Å²) >= 11 is 0. The maximum absolute atomic E-state index is 10.2. The Bertz CT molecular complexity index is 483. The van der Waals surface area contributed by atoms with Crippen molar-refractivity contribution in [3.8, 4) is 5.75 Å². The Labute approximate surface area is 80.2 Å². The fourth-order valence-electron chi connectivity index (χ4n) is 1.27. The van der Waals surface area contributed by atoms with E-state index < -0.39 is 0 Å². The second-order valence-corrected chi connectivity index (χ2v) is 2.81. The molecule has 4 nitrogen and oxygen atoms in total. The predicted octanol–water partition coefficient (Wildman–Crippen LogP) is 1.51. The molecule has 2 N–H and O–H groups in total. The van der Waals surface area contributed by atoms with Gasteiger partial charge < -0.3 is 10.4 Å². The van der Waals surface area contributed by atoms with E-state index in [9.17, 15) is 9.90 Å². The number of aromatic hydroxyl groups is 1. The number of pyridine rings is 1. The van der Waals surface area contributed by atoms with E-state index in [2.05, 4.69) is 10.3 Å². The zero-order chi connectivity index (χ0) is 9.97. The monoisotopic (exact) mass is 188 g/mol. The number of fused-ring (bicyclic) bond motifs is 1. The Kier molecular flexibility index (Phi) is 2.02. The third kappa shape index (κ3) is 1.37. The lowest BCUT2D eigenvalue weighted by atomic mass is 10.2. The number of nitrogens with one attached hydrogen (secondary N) is 1. The van der Waals surface area contributed by atoms with Gasteiger partial charge in [0.05, 0.1) is 0 Å². The maximum Gasteiger partial charge on any atom is 0.212 e. The molecule has 4 heteroatoms. The number of nitrogens with zero attached hydrogens (tertiary/aromatic N) is 1. The van der Waals surface area contributed by atoms with Crippen molar-refractivity contribution >= 4 is 23.1 Å². The molecule has 0 unspecified atom stereocenters. The average Bonchev–Trinajstić information content (AvgIpc) is 2.20. The number of anilines is 1. The number of hydrogen-bond donors (Lipinski definition) is 2. The summed E-state index contributed by atoms with van der Waals surface area (Å²) < 4.78 is 0. The van der Waals surface area contributed by atoms with Crippen molar-refractivity contribution < 1.29 is 9.90 Å². The van der Waals surface area contributed by atoms with Crippen LogP contribution >= 0.6 is 0 Å². The zero-order valence-electron chi connectivity index (χ0n) is 7.27. The highest BCUT2D eigenvalue weighted by Gasteiger charge is 2.01. The van der Waals surface area contributed by atoms with Crippen molar-refractivity contribution in [2.75, 3.05) is 5.32 Å². The molecule has 0 saturated carbocycles. The van der Waals surface area contributed by atoms with Gasteiger partial charge in [-0.05, 0) is 18.2 Å². The Morgan fingerprint density at radius 2 is 2.14 bits per heavy atom. The average molecular weight is 188 g/mol. The quantitative estimate of drug-likeness (QED) is 0.702. The first kappa shape index (κ1) is 8.50. The Hall–Kier alpha value is -2.10. The lowest BCUT2D eigenvalue weighted by molar-refractivity contribution is -0.105. The van der Waals surface area contributed by atoms with Crippen molar-refractivity contribution in [1.29, 1.82) is 0 Å². The molecular formula is C10H8N2O2. The second-order valence-electron chi connectivity index (χ2n) is 2.81. The highest BCUT2D eigenvalue weighted by molar-refractivity contribution is 5.86. The van der Waals surface area contributed by atoms with Gasteiger partial charge in [-0.1, -0.05) is 12.1 Å². The van der Waals surface area contributed by atoms with E-state index in [4.69, 9.17) is 0 Å². The number of carbonyl (C=O) groups excluding carboxylic acids is 1. The normalized spacial score (nSPS) is 10.0. The van der Waals surface area contributed by atoms with Crippen LogP contribution in [-0.4, -0.2) is 16.5 Å². The number of rotatable bonds is 2. The zero-order valence-corrected chi connectivity index (χ0v) is 7.27. The molecule has 0 aliphatic heterocycles. The highest BCUT2D eigenvalue weighted by atomic mass is 16.3. The summed E-state index contributed by atoms with van der Waals surface area (Å²) in [5, 5.41) is 12.7. The van der Waals surface area contributed by atoms with Gasteiger partial charge >= 0.3 is 0 Å². The van der Waals surface area contributed by atoms with Crippen molar-refractivity contribution in [2.24, 2.45) is 0 Å². The van der Waals surface area contributed by atoms with Gasteiger partial charge in [-0.2, -0.15) is 0 Å². The first-order valence-corrected chi connectivity index (χ1v) is 4.10. The van der Waals surface area contributed by atoms with Crippen LogP contribution in [0.2, 0.25) is 0 Å². The molecule has 0 fully saturated rings. The minimum atomic E-state index is 0.108. The van der Waals surface area contributed by atoms with Crippen molar-refractivity contribution in [2.45, 2.75) is 0 Å². The molecule has 0 aliphatic rings. The molecule has 1 aromatic carbocycles. The second kappa shape index (κ2) is 3.33. The van der Waals surface area contributed by atoms with Gasteiger partial charge in [-0.3, -0.25) is 4.79 Å². The highest BCUT2D eigenvalue weighted by Crippen LogP contribution is 2.23. The molecule has 2 rings (SSSR count). The predicted molar refractivity (Wildman–Crippen MR) is 53.1 cm³/mol. The lowest BCUT2D eigenvalue weighted by Crippen LogP contribution is -1.96. The summed E-state index contributed by atoms with van der Waals surface area (Å²) in [4.78, 5) is 14.3. The fraction of sp³-hybridized carbons (Fsp3) is 0. The van der Waals surface area contributed by atoms with Gasteiger partial charge in [0.25, 0.3) is 0 Å². The number of phenols is 1. The number of phenolic OH excluding ortho intramolecular Hbond substituents is 1. The van der Waals surface area contributed by atoms with E-state index in [0.717, 1.165) is 5.39 Å². The van der Waals surface area contributed by atoms with Gasteiger partial charge in [-0.25, -0.2) is 4.98 Å². The summed E-state index contributed by atoms with van der Waals surface area (Å²) in [5.41, 5.74) is 0.486. The summed E-state index contributed by atoms with van der Waals surface area (Å²) in [6, 6.07) is 8.60. The number of para-hydroxylation sites is 1. The molecular weight excluding hydrogens is 180 g/mol. The van der Waals surface area contributed by atoms with Crippen LogP contribution in [0.3, 0.4) is 0 Å². The first-order chi connectivity index (χ1) is 6.81. The molecule has 0 atom stereocenters. The van der Waals surface area contributed by atoms with Gasteiger partial charge in [0.1, 0.15) is 17.1 Å². The van der Waals surface area contributed by atoms with Crippen molar-refractivity contribution in [1.82, 2.24) is 4.98 Å². The molecule has 70 valence electrons. The van der Waals surface area contributed by atoms with Crippen LogP contribution in [0.1, 0.15) is 0 Å². The van der Waals surface area contributed by atoms with E-state index in [1.54, 1.807) is 24.3 Å². The van der Waals surface area contributed by atoms with Gasteiger partial charge in [0, 0.05) is 5.39 Å². The van der Waals surface area contributed by atoms with Crippen LogP contribution in [-0.2, 0) is 4.79 Å². The van der Waals surface area contributed by atoms with Crippen molar-refractivity contribution in [3.05, 3.63) is 30.3 Å². The molecule has 2 aromatic rings. The van der Waals surface area contributed by atoms with Crippen molar-refractivity contribution in [3.63, 3.8) is 0 Å². The van der Waals surface area contributed by atoms with Crippen LogP contribution in [0, 0.1) is 0 Å². The number of benzene rings is 1. The summed E-state index contributed by atoms with van der Waals surface area (Å²) in [6.45, 7) is 0. The smallest absolute Gasteiger partial charge is 0.212 e. The minimum Gasteiger partial charge on any atom is -0.506 e. The Balaban J connectivity index is 2.63. The molecule has 0 aliphatic carbocycles. The number of hydrogen-bond acceptors (Lipinski definition) is 3. The summed E-state index contributed by atoms with van der Waals surface area (Å²) in [6.07, 6.45) is 0.550. The molecule has 1 heterocycles. The number of aromatic nitrogens is 1. The number of amides is 1. The minimum absolute atomic E-state index is 0.108. The lowest BCUT2D eigenvalue weighted by Gasteiger charge is -2.02.